The van der Waals surface area contributed by atoms with E-state index in [1.165, 1.54) is 18.9 Å². The van der Waals surface area contributed by atoms with Crippen molar-refractivity contribution in [2.45, 2.75) is 50.7 Å². The van der Waals surface area contributed by atoms with Gasteiger partial charge in [-0.3, -0.25) is 9.59 Å². The van der Waals surface area contributed by atoms with Crippen LogP contribution in [0, 0.1) is 13.8 Å². The summed E-state index contributed by atoms with van der Waals surface area (Å²) >= 11 is 1.48. The topological polar surface area (TPSA) is 101 Å². The van der Waals surface area contributed by atoms with Crippen molar-refractivity contribution < 1.29 is 19.4 Å². The molecule has 8 heteroatoms. The minimum atomic E-state index is -0.984. The standard InChI is InChI=1S/C16H25N3O4S/c1-10-12(11(2)18-15(17-10)24-5)6-7-13(20)19-16(3,9-23-4)8-14(21)22/h6-9H2,1-5H3,(H,19,20)(H,21,22). The highest BCUT2D eigenvalue weighted by Crippen LogP contribution is 2.17. The molecule has 24 heavy (non-hydrogen) atoms. The molecule has 0 radical (unpaired) electrons. The van der Waals surface area contributed by atoms with Crippen molar-refractivity contribution in [3.8, 4) is 0 Å². The van der Waals surface area contributed by atoms with Crippen molar-refractivity contribution in [1.82, 2.24) is 15.3 Å². The summed E-state index contributed by atoms with van der Waals surface area (Å²) in [6.07, 6.45) is 2.47. The van der Waals surface area contributed by atoms with E-state index in [0.29, 0.717) is 11.6 Å². The fourth-order valence-electron chi connectivity index (χ4n) is 2.58. The molecule has 1 aromatic rings. The van der Waals surface area contributed by atoms with Crippen LogP contribution in [0.3, 0.4) is 0 Å². The second kappa shape index (κ2) is 8.98. The molecular weight excluding hydrogens is 330 g/mol. The van der Waals surface area contributed by atoms with E-state index in [1.54, 1.807) is 6.92 Å². The van der Waals surface area contributed by atoms with Crippen LogP contribution in [0.1, 0.15) is 36.7 Å². The van der Waals surface area contributed by atoms with Crippen molar-refractivity contribution in [2.24, 2.45) is 0 Å². The molecule has 0 aromatic carbocycles. The van der Waals surface area contributed by atoms with Gasteiger partial charge in [0.1, 0.15) is 0 Å². The SMILES string of the molecule is COCC(C)(CC(=O)O)NC(=O)CCc1c(C)nc(SC)nc1C. The molecule has 0 spiro atoms. The minimum Gasteiger partial charge on any atom is -0.481 e. The molecule has 7 nitrogen and oxygen atoms in total. The van der Waals surface area contributed by atoms with Crippen molar-refractivity contribution in [1.29, 1.82) is 0 Å². The number of aryl methyl sites for hydroxylation is 2. The van der Waals surface area contributed by atoms with Gasteiger partial charge in [0.2, 0.25) is 5.91 Å². The average Bonchev–Trinajstić information content (AvgIpc) is 2.44. The number of carboxylic acid groups (broad SMARTS) is 1. The maximum atomic E-state index is 12.2. The van der Waals surface area contributed by atoms with Gasteiger partial charge in [0, 0.05) is 24.9 Å². The van der Waals surface area contributed by atoms with Gasteiger partial charge in [-0.2, -0.15) is 0 Å². The van der Waals surface area contributed by atoms with Crippen molar-refractivity contribution in [3.63, 3.8) is 0 Å². The maximum absolute atomic E-state index is 12.2. The summed E-state index contributed by atoms with van der Waals surface area (Å²) in [7, 11) is 1.48. The van der Waals surface area contributed by atoms with Gasteiger partial charge in [-0.15, -0.1) is 0 Å². The molecule has 0 aliphatic carbocycles. The number of thioether (sulfide) groups is 1. The zero-order valence-electron chi connectivity index (χ0n) is 14.8. The number of aromatic nitrogens is 2. The van der Waals surface area contributed by atoms with Crippen LogP contribution in [0.2, 0.25) is 0 Å². The Morgan fingerprint density at radius 3 is 2.33 bits per heavy atom. The molecule has 0 fully saturated rings. The van der Waals surface area contributed by atoms with Crippen LogP contribution in [0.15, 0.2) is 5.16 Å². The lowest BCUT2D eigenvalue weighted by atomic mass is 9.98. The van der Waals surface area contributed by atoms with Gasteiger partial charge in [-0.1, -0.05) is 11.8 Å². The van der Waals surface area contributed by atoms with Gasteiger partial charge in [-0.05, 0) is 39.0 Å². The molecule has 0 bridgehead atoms. The molecule has 0 saturated carbocycles. The van der Waals surface area contributed by atoms with Gasteiger partial charge >= 0.3 is 5.97 Å². The third kappa shape index (κ3) is 6.09. The summed E-state index contributed by atoms with van der Waals surface area (Å²) in [5.41, 5.74) is 1.75. The Morgan fingerprint density at radius 1 is 1.29 bits per heavy atom. The highest BCUT2D eigenvalue weighted by atomic mass is 32.2. The lowest BCUT2D eigenvalue weighted by Gasteiger charge is -2.28. The first-order valence-corrected chi connectivity index (χ1v) is 8.83. The Kier molecular flexibility index (Phi) is 7.62. The molecule has 1 heterocycles. The van der Waals surface area contributed by atoms with Crippen LogP contribution in [0.25, 0.3) is 0 Å². The van der Waals surface area contributed by atoms with E-state index in [9.17, 15) is 9.59 Å². The van der Waals surface area contributed by atoms with E-state index in [1.807, 2.05) is 20.1 Å². The third-order valence-corrected chi connectivity index (χ3v) is 4.18. The molecule has 0 aliphatic heterocycles. The molecule has 1 unspecified atom stereocenters. The third-order valence-electron chi connectivity index (χ3n) is 3.63. The van der Waals surface area contributed by atoms with Crippen LogP contribution in [-0.2, 0) is 20.7 Å². The predicted molar refractivity (Wildman–Crippen MR) is 92.3 cm³/mol. The highest BCUT2D eigenvalue weighted by molar-refractivity contribution is 7.98. The van der Waals surface area contributed by atoms with Crippen molar-refractivity contribution >= 4 is 23.6 Å². The molecular formula is C16H25N3O4S. The van der Waals surface area contributed by atoms with E-state index >= 15 is 0 Å². The number of carbonyl (C=O) groups is 2. The second-order valence-electron chi connectivity index (χ2n) is 5.97. The monoisotopic (exact) mass is 355 g/mol. The average molecular weight is 355 g/mol. The minimum absolute atomic E-state index is 0.134. The summed E-state index contributed by atoms with van der Waals surface area (Å²) in [6.45, 7) is 5.60. The summed E-state index contributed by atoms with van der Waals surface area (Å²) < 4.78 is 5.03. The van der Waals surface area contributed by atoms with E-state index in [-0.39, 0.29) is 25.4 Å². The zero-order chi connectivity index (χ0) is 18.3. The summed E-state index contributed by atoms with van der Waals surface area (Å²) in [5, 5.41) is 12.5. The first kappa shape index (κ1) is 20.4. The second-order valence-corrected chi connectivity index (χ2v) is 6.75. The Labute approximate surface area is 146 Å². The van der Waals surface area contributed by atoms with Crippen LogP contribution in [-0.4, -0.2) is 52.5 Å². The van der Waals surface area contributed by atoms with Gasteiger partial charge in [-0.25, -0.2) is 9.97 Å². The summed E-state index contributed by atoms with van der Waals surface area (Å²) in [4.78, 5) is 32.0. The van der Waals surface area contributed by atoms with Gasteiger partial charge < -0.3 is 15.2 Å². The predicted octanol–water partition coefficient (Wildman–Crippen LogP) is 1.74. The summed E-state index contributed by atoms with van der Waals surface area (Å²) in [6, 6.07) is 0. The molecule has 0 aliphatic rings. The van der Waals surface area contributed by atoms with Gasteiger partial charge in [0.05, 0.1) is 18.6 Å². The Bertz CT molecular complexity index is 586. The van der Waals surface area contributed by atoms with Crippen LogP contribution in [0.5, 0.6) is 0 Å². The van der Waals surface area contributed by atoms with Crippen LogP contribution >= 0.6 is 11.8 Å². The number of nitrogens with zero attached hydrogens (tertiary/aromatic N) is 2. The molecule has 1 atom stereocenters. The number of aliphatic carboxylic acids is 1. The molecule has 2 N–H and O–H groups in total. The first-order valence-electron chi connectivity index (χ1n) is 7.60. The van der Waals surface area contributed by atoms with E-state index in [0.717, 1.165) is 17.0 Å². The number of nitrogens with one attached hydrogen (secondary N) is 1. The van der Waals surface area contributed by atoms with Crippen LogP contribution < -0.4 is 5.32 Å². The quantitative estimate of drug-likeness (QED) is 0.514. The number of carbonyl (C=O) groups excluding carboxylic acids is 1. The number of ether oxygens (including phenoxy) is 1. The summed E-state index contributed by atoms with van der Waals surface area (Å²) in [5.74, 6) is -1.20. The fraction of sp³-hybridized carbons (Fsp3) is 0.625. The molecule has 0 saturated heterocycles. The number of methoxy groups -OCH3 is 1. The largest absolute Gasteiger partial charge is 0.481 e. The smallest absolute Gasteiger partial charge is 0.305 e. The van der Waals surface area contributed by atoms with Gasteiger partial charge in [0.25, 0.3) is 0 Å². The van der Waals surface area contributed by atoms with Crippen molar-refractivity contribution in [2.75, 3.05) is 20.0 Å². The number of hydrogen-bond donors (Lipinski definition) is 2. The van der Waals surface area contributed by atoms with Gasteiger partial charge in [0.15, 0.2) is 5.16 Å². The fourth-order valence-corrected chi connectivity index (χ4v) is 3.04. The Balaban J connectivity index is 2.73. The zero-order valence-corrected chi connectivity index (χ0v) is 15.6. The lowest BCUT2D eigenvalue weighted by Crippen LogP contribution is -2.50. The number of rotatable bonds is 9. The van der Waals surface area contributed by atoms with Crippen LogP contribution in [0.4, 0.5) is 0 Å². The number of amides is 1. The normalized spacial score (nSPS) is 13.4. The molecule has 1 aromatic heterocycles. The Morgan fingerprint density at radius 2 is 1.88 bits per heavy atom. The number of carboxylic acids is 1. The van der Waals surface area contributed by atoms with E-state index < -0.39 is 11.5 Å². The lowest BCUT2D eigenvalue weighted by molar-refractivity contribution is -0.139. The van der Waals surface area contributed by atoms with E-state index in [2.05, 4.69) is 15.3 Å². The highest BCUT2D eigenvalue weighted by Gasteiger charge is 2.29. The molecule has 1 amide bonds. The Hall–Kier alpha value is -1.67. The first-order chi connectivity index (χ1) is 11.2. The number of hydrogen-bond acceptors (Lipinski definition) is 6. The van der Waals surface area contributed by atoms with Crippen molar-refractivity contribution in [3.05, 3.63) is 17.0 Å². The molecule has 1 rings (SSSR count). The maximum Gasteiger partial charge on any atom is 0.305 e. The van der Waals surface area contributed by atoms with E-state index in [4.69, 9.17) is 9.84 Å². The molecule has 134 valence electrons.